The smallest absolute Gasteiger partial charge is 0.258 e. The number of nitrogens with zero attached hydrogens (tertiary/aromatic N) is 2. The number of hydrogen-bond acceptors (Lipinski definition) is 4. The molecule has 0 saturated heterocycles. The van der Waals surface area contributed by atoms with Crippen LogP contribution in [0.15, 0.2) is 0 Å². The number of nitro groups is 2. The highest BCUT2D eigenvalue weighted by Crippen LogP contribution is 2.43. The second kappa shape index (κ2) is 4.23. The topological polar surface area (TPSA) is 86.3 Å². The fraction of sp³-hybridized carbons (Fsp3) is 0.250. The molecule has 8 heteroatoms. The molecule has 6 nitrogen and oxygen atoms in total. The van der Waals surface area contributed by atoms with Crippen LogP contribution in [-0.4, -0.2) is 9.85 Å². The van der Waals surface area contributed by atoms with Gasteiger partial charge in [-0.2, -0.15) is 0 Å². The minimum absolute atomic E-state index is 0.0419. The third-order valence-corrected chi connectivity index (χ3v) is 3.07. The van der Waals surface area contributed by atoms with Gasteiger partial charge in [0.05, 0.1) is 21.0 Å². The third-order valence-electron chi connectivity index (χ3n) is 2.15. The quantitative estimate of drug-likeness (QED) is 0.605. The van der Waals surface area contributed by atoms with Crippen LogP contribution in [0.3, 0.4) is 0 Å². The van der Waals surface area contributed by atoms with Crippen molar-refractivity contribution in [3.63, 3.8) is 0 Å². The van der Waals surface area contributed by atoms with E-state index in [1.807, 2.05) is 0 Å². The fourth-order valence-corrected chi connectivity index (χ4v) is 1.93. The van der Waals surface area contributed by atoms with Gasteiger partial charge in [-0.3, -0.25) is 20.2 Å². The maximum absolute atomic E-state index is 10.7. The van der Waals surface area contributed by atoms with Gasteiger partial charge in [-0.15, -0.1) is 0 Å². The molecule has 0 heterocycles. The Morgan fingerprint density at radius 3 is 1.44 bits per heavy atom. The average molecular weight is 265 g/mol. The predicted molar refractivity (Wildman–Crippen MR) is 59.2 cm³/mol. The summed E-state index contributed by atoms with van der Waals surface area (Å²) in [6.07, 6.45) is 0. The molecule has 16 heavy (non-hydrogen) atoms. The molecule has 1 rings (SSSR count). The summed E-state index contributed by atoms with van der Waals surface area (Å²) in [4.78, 5) is 20.0. The van der Waals surface area contributed by atoms with E-state index in [9.17, 15) is 20.2 Å². The zero-order valence-electron chi connectivity index (χ0n) is 8.28. The van der Waals surface area contributed by atoms with Gasteiger partial charge in [0.25, 0.3) is 5.69 Å². The minimum atomic E-state index is -0.756. The maximum atomic E-state index is 10.7. The van der Waals surface area contributed by atoms with Crippen LogP contribution < -0.4 is 0 Å². The lowest BCUT2D eigenvalue weighted by Crippen LogP contribution is -2.01. The molecule has 0 spiro atoms. The molecule has 0 aliphatic rings. The Balaban J connectivity index is 3.77. The second-order valence-corrected chi connectivity index (χ2v) is 3.85. The van der Waals surface area contributed by atoms with Gasteiger partial charge in [-0.25, -0.2) is 0 Å². The summed E-state index contributed by atoms with van der Waals surface area (Å²) in [5.41, 5.74) is -0.704. The van der Waals surface area contributed by atoms with E-state index in [1.165, 1.54) is 13.8 Å². The molecule has 0 unspecified atom stereocenters. The Bertz CT molecular complexity index is 427. The molecule has 0 N–H and O–H groups in total. The predicted octanol–water partition coefficient (Wildman–Crippen LogP) is 3.43. The van der Waals surface area contributed by atoms with Gasteiger partial charge < -0.3 is 0 Å². The highest BCUT2D eigenvalue weighted by Gasteiger charge is 2.30. The lowest BCUT2D eigenvalue weighted by atomic mass is 10.1. The Morgan fingerprint density at radius 2 is 1.19 bits per heavy atom. The van der Waals surface area contributed by atoms with Crippen LogP contribution in [0.25, 0.3) is 0 Å². The summed E-state index contributed by atoms with van der Waals surface area (Å²) in [6.45, 7) is 2.69. The van der Waals surface area contributed by atoms with Crippen LogP contribution in [0.5, 0.6) is 0 Å². The molecule has 0 saturated carbocycles. The minimum Gasteiger partial charge on any atom is -0.258 e. The molecule has 0 atom stereocenters. The number of nitro benzene ring substituents is 2. The van der Waals surface area contributed by atoms with Crippen LogP contribution in [0, 0.1) is 34.1 Å². The van der Waals surface area contributed by atoms with E-state index in [4.69, 9.17) is 23.2 Å². The van der Waals surface area contributed by atoms with E-state index >= 15 is 0 Å². The maximum Gasteiger partial charge on any atom is 0.307 e. The van der Waals surface area contributed by atoms with E-state index in [-0.39, 0.29) is 26.9 Å². The zero-order chi connectivity index (χ0) is 12.6. The fourth-order valence-electron chi connectivity index (χ4n) is 1.37. The van der Waals surface area contributed by atoms with E-state index in [1.54, 1.807) is 0 Å². The molecule has 0 amide bonds. The van der Waals surface area contributed by atoms with Crippen molar-refractivity contribution in [1.29, 1.82) is 0 Å². The van der Waals surface area contributed by atoms with Crippen molar-refractivity contribution in [3.05, 3.63) is 41.4 Å². The largest absolute Gasteiger partial charge is 0.307 e. The molecule has 1 aromatic carbocycles. The summed E-state index contributed by atoms with van der Waals surface area (Å²) in [7, 11) is 0. The molecule has 0 fully saturated rings. The highest BCUT2D eigenvalue weighted by atomic mass is 35.5. The van der Waals surface area contributed by atoms with Gasteiger partial charge in [0.15, 0.2) is 0 Å². The summed E-state index contributed by atoms with van der Waals surface area (Å²) >= 11 is 11.4. The number of hydrogen-bond donors (Lipinski definition) is 0. The van der Waals surface area contributed by atoms with E-state index in [0.717, 1.165) is 0 Å². The van der Waals surface area contributed by atoms with Gasteiger partial charge in [-0.05, 0) is 13.8 Å². The van der Waals surface area contributed by atoms with Crippen molar-refractivity contribution in [2.45, 2.75) is 13.8 Å². The van der Waals surface area contributed by atoms with Crippen molar-refractivity contribution in [2.75, 3.05) is 0 Å². The molecule has 0 aromatic heterocycles. The molecule has 0 radical (unpaired) electrons. The second-order valence-electron chi connectivity index (χ2n) is 3.09. The van der Waals surface area contributed by atoms with Gasteiger partial charge in [0.1, 0.15) is 10.0 Å². The highest BCUT2D eigenvalue weighted by molar-refractivity contribution is 6.39. The van der Waals surface area contributed by atoms with Crippen molar-refractivity contribution in [2.24, 2.45) is 0 Å². The first-order valence-corrected chi connectivity index (χ1v) is 4.81. The lowest BCUT2D eigenvalue weighted by Gasteiger charge is -2.06. The summed E-state index contributed by atoms with van der Waals surface area (Å²) in [5, 5.41) is 20.8. The molecule has 0 aliphatic carbocycles. The first kappa shape index (κ1) is 12.7. The normalized spacial score (nSPS) is 10.2. The zero-order valence-corrected chi connectivity index (χ0v) is 9.80. The van der Waals surface area contributed by atoms with Crippen LogP contribution in [0.1, 0.15) is 11.1 Å². The molecule has 0 aliphatic heterocycles. The van der Waals surface area contributed by atoms with Gasteiger partial charge >= 0.3 is 5.69 Å². The van der Waals surface area contributed by atoms with E-state index < -0.39 is 15.5 Å². The lowest BCUT2D eigenvalue weighted by molar-refractivity contribution is -0.389. The third kappa shape index (κ3) is 1.81. The van der Waals surface area contributed by atoms with Crippen LogP contribution in [0.4, 0.5) is 11.4 Å². The van der Waals surface area contributed by atoms with Crippen LogP contribution in [0.2, 0.25) is 10.0 Å². The van der Waals surface area contributed by atoms with Crippen molar-refractivity contribution < 1.29 is 9.85 Å². The first-order valence-electron chi connectivity index (χ1n) is 4.06. The number of benzene rings is 1. The Morgan fingerprint density at radius 1 is 0.875 bits per heavy atom. The summed E-state index contributed by atoms with van der Waals surface area (Å²) in [5.74, 6) is 0. The van der Waals surface area contributed by atoms with Crippen LogP contribution in [-0.2, 0) is 0 Å². The Labute approximate surface area is 100 Å². The summed E-state index contributed by atoms with van der Waals surface area (Å²) < 4.78 is 0. The molecular formula is C8H6Cl2N2O4. The molecule has 0 bridgehead atoms. The Kier molecular flexibility index (Phi) is 3.35. The standard InChI is InChI=1S/C8H6Cl2N2O4/c1-3-5(9)8(12(15)16)6(10)4(2)7(3)11(13)14/h1-2H3. The molecular weight excluding hydrogens is 259 g/mol. The van der Waals surface area contributed by atoms with Crippen LogP contribution >= 0.6 is 23.2 Å². The number of halogens is 2. The molecule has 1 aromatic rings. The SMILES string of the molecule is Cc1c(Cl)c([N+](=O)[O-])c(Cl)c(C)c1[N+](=O)[O-]. The Hall–Kier alpha value is -1.40. The van der Waals surface area contributed by atoms with Gasteiger partial charge in [-0.1, -0.05) is 23.2 Å². The molecule has 86 valence electrons. The van der Waals surface area contributed by atoms with Crippen molar-refractivity contribution in [1.82, 2.24) is 0 Å². The number of rotatable bonds is 2. The van der Waals surface area contributed by atoms with Gasteiger partial charge in [0, 0.05) is 0 Å². The first-order chi connectivity index (χ1) is 7.29. The average Bonchev–Trinajstić information content (AvgIpc) is 2.14. The van der Waals surface area contributed by atoms with Crippen molar-refractivity contribution in [3.8, 4) is 0 Å². The summed E-state index contributed by atoms with van der Waals surface area (Å²) in [6, 6.07) is 0. The van der Waals surface area contributed by atoms with E-state index in [0.29, 0.717) is 0 Å². The van der Waals surface area contributed by atoms with E-state index in [2.05, 4.69) is 0 Å². The monoisotopic (exact) mass is 264 g/mol. The van der Waals surface area contributed by atoms with Crippen molar-refractivity contribution >= 4 is 34.6 Å². The van der Waals surface area contributed by atoms with Gasteiger partial charge in [0.2, 0.25) is 0 Å².